The molecular weight excluding hydrogens is 296 g/mol. The second-order valence-corrected chi connectivity index (χ2v) is 4.94. The standard InChI is InChI=1S/C18H20O5/c1-3-21-17(19)12-15-10-14(13-8-6-5-7-9-13)11-16(23-15)18(20)22-4-2/h5-9,11-12,14H,3-4,10H2,1-2H3/b15-12+. The number of rotatable bonds is 5. The molecule has 1 aliphatic rings. The van der Waals surface area contributed by atoms with E-state index in [2.05, 4.69) is 0 Å². The molecule has 1 aromatic rings. The minimum Gasteiger partial charge on any atom is -0.463 e. The average molecular weight is 316 g/mol. The molecule has 0 bridgehead atoms. The summed E-state index contributed by atoms with van der Waals surface area (Å²) in [5.74, 6) is -0.599. The molecule has 0 radical (unpaired) electrons. The molecule has 0 N–H and O–H groups in total. The number of benzene rings is 1. The molecule has 2 rings (SSSR count). The molecule has 0 fully saturated rings. The minimum atomic E-state index is -0.539. The lowest BCUT2D eigenvalue weighted by molar-refractivity contribution is -0.142. The maximum atomic E-state index is 12.0. The van der Waals surface area contributed by atoms with Crippen LogP contribution >= 0.6 is 0 Å². The van der Waals surface area contributed by atoms with Crippen molar-refractivity contribution in [1.82, 2.24) is 0 Å². The number of ether oxygens (including phenoxy) is 3. The third-order valence-corrected chi connectivity index (χ3v) is 3.28. The van der Waals surface area contributed by atoms with Gasteiger partial charge in [-0.1, -0.05) is 30.3 Å². The number of hydrogen-bond acceptors (Lipinski definition) is 5. The van der Waals surface area contributed by atoms with Gasteiger partial charge in [-0.2, -0.15) is 0 Å². The normalized spacial score (nSPS) is 18.8. The van der Waals surface area contributed by atoms with Gasteiger partial charge in [-0.3, -0.25) is 0 Å². The highest BCUT2D eigenvalue weighted by molar-refractivity contribution is 5.87. The van der Waals surface area contributed by atoms with E-state index in [1.165, 1.54) is 6.08 Å². The molecule has 1 atom stereocenters. The molecule has 0 spiro atoms. The summed E-state index contributed by atoms with van der Waals surface area (Å²) in [4.78, 5) is 23.6. The van der Waals surface area contributed by atoms with E-state index in [1.807, 2.05) is 30.3 Å². The van der Waals surface area contributed by atoms with Crippen molar-refractivity contribution >= 4 is 11.9 Å². The van der Waals surface area contributed by atoms with Crippen molar-refractivity contribution in [2.45, 2.75) is 26.2 Å². The van der Waals surface area contributed by atoms with Crippen LogP contribution in [0.1, 0.15) is 31.7 Å². The van der Waals surface area contributed by atoms with E-state index in [-0.39, 0.29) is 24.9 Å². The van der Waals surface area contributed by atoms with E-state index >= 15 is 0 Å². The molecule has 122 valence electrons. The SMILES string of the molecule is CCOC(=O)/C=C1\CC(c2ccccc2)C=C(C(=O)OCC)O1. The van der Waals surface area contributed by atoms with Crippen molar-refractivity contribution in [2.24, 2.45) is 0 Å². The van der Waals surface area contributed by atoms with E-state index in [9.17, 15) is 9.59 Å². The van der Waals surface area contributed by atoms with Crippen molar-refractivity contribution in [1.29, 1.82) is 0 Å². The van der Waals surface area contributed by atoms with Crippen LogP contribution in [0.15, 0.2) is 54.0 Å². The van der Waals surface area contributed by atoms with E-state index in [1.54, 1.807) is 19.9 Å². The third kappa shape index (κ3) is 4.71. The molecular formula is C18H20O5. The van der Waals surface area contributed by atoms with Gasteiger partial charge in [0.25, 0.3) is 0 Å². The topological polar surface area (TPSA) is 61.8 Å². The molecule has 1 aromatic carbocycles. The van der Waals surface area contributed by atoms with Crippen molar-refractivity contribution in [3.8, 4) is 0 Å². The molecule has 5 nitrogen and oxygen atoms in total. The Morgan fingerprint density at radius 3 is 2.52 bits per heavy atom. The summed E-state index contributed by atoms with van der Waals surface area (Å²) in [6.07, 6.45) is 3.49. The van der Waals surface area contributed by atoms with Crippen LogP contribution in [-0.4, -0.2) is 25.2 Å². The number of carbonyl (C=O) groups is 2. The van der Waals surface area contributed by atoms with Gasteiger partial charge in [0, 0.05) is 12.3 Å². The van der Waals surface area contributed by atoms with Crippen LogP contribution in [-0.2, 0) is 23.8 Å². The Kier molecular flexibility index (Phi) is 5.97. The van der Waals surface area contributed by atoms with Crippen molar-refractivity contribution in [3.63, 3.8) is 0 Å². The third-order valence-electron chi connectivity index (χ3n) is 3.28. The monoisotopic (exact) mass is 316 g/mol. The van der Waals surface area contributed by atoms with Gasteiger partial charge in [0.2, 0.25) is 5.76 Å². The first kappa shape index (κ1) is 16.8. The number of allylic oxidation sites excluding steroid dienone is 2. The first-order valence-electron chi connectivity index (χ1n) is 7.63. The van der Waals surface area contributed by atoms with Crippen LogP contribution in [0.4, 0.5) is 0 Å². The van der Waals surface area contributed by atoms with E-state index in [0.717, 1.165) is 5.56 Å². The lowest BCUT2D eigenvalue weighted by Gasteiger charge is -2.23. The molecule has 0 amide bonds. The highest BCUT2D eigenvalue weighted by atomic mass is 16.6. The molecule has 1 heterocycles. The van der Waals surface area contributed by atoms with Crippen LogP contribution in [0.2, 0.25) is 0 Å². The summed E-state index contributed by atoms with van der Waals surface area (Å²) in [5.41, 5.74) is 1.03. The highest BCUT2D eigenvalue weighted by Crippen LogP contribution is 2.33. The molecule has 23 heavy (non-hydrogen) atoms. The number of esters is 2. The largest absolute Gasteiger partial charge is 0.463 e. The number of carbonyl (C=O) groups excluding carboxylic acids is 2. The van der Waals surface area contributed by atoms with Gasteiger partial charge >= 0.3 is 11.9 Å². The Morgan fingerprint density at radius 1 is 1.17 bits per heavy atom. The van der Waals surface area contributed by atoms with Crippen molar-refractivity contribution < 1.29 is 23.8 Å². The summed E-state index contributed by atoms with van der Waals surface area (Å²) in [7, 11) is 0. The van der Waals surface area contributed by atoms with E-state index < -0.39 is 11.9 Å². The average Bonchev–Trinajstić information content (AvgIpc) is 2.56. The Labute approximate surface area is 135 Å². The van der Waals surface area contributed by atoms with E-state index in [0.29, 0.717) is 12.2 Å². The maximum Gasteiger partial charge on any atom is 0.373 e. The van der Waals surface area contributed by atoms with Crippen LogP contribution in [0.5, 0.6) is 0 Å². The Balaban J connectivity index is 2.28. The first-order valence-corrected chi connectivity index (χ1v) is 7.63. The summed E-state index contributed by atoms with van der Waals surface area (Å²) in [5, 5.41) is 0. The summed E-state index contributed by atoms with van der Waals surface area (Å²) >= 11 is 0. The Bertz CT molecular complexity index is 616. The van der Waals surface area contributed by atoms with Gasteiger partial charge in [-0.25, -0.2) is 9.59 Å². The smallest absolute Gasteiger partial charge is 0.373 e. The fourth-order valence-corrected chi connectivity index (χ4v) is 2.31. The van der Waals surface area contributed by atoms with Crippen LogP contribution < -0.4 is 0 Å². The first-order chi connectivity index (χ1) is 11.1. The molecule has 0 saturated carbocycles. The predicted molar refractivity (Wildman–Crippen MR) is 84.3 cm³/mol. The van der Waals surface area contributed by atoms with Crippen LogP contribution in [0.3, 0.4) is 0 Å². The Morgan fingerprint density at radius 2 is 1.87 bits per heavy atom. The molecule has 5 heteroatoms. The summed E-state index contributed by atoms with van der Waals surface area (Å²) in [6, 6.07) is 9.72. The fourth-order valence-electron chi connectivity index (χ4n) is 2.31. The Hall–Kier alpha value is -2.56. The summed E-state index contributed by atoms with van der Waals surface area (Å²) < 4.78 is 15.4. The van der Waals surface area contributed by atoms with Gasteiger partial charge in [0.1, 0.15) is 5.76 Å². The molecule has 0 aliphatic carbocycles. The fraction of sp³-hybridized carbons (Fsp3) is 0.333. The molecule has 1 unspecified atom stereocenters. The maximum absolute atomic E-state index is 12.0. The zero-order valence-corrected chi connectivity index (χ0v) is 13.3. The second-order valence-electron chi connectivity index (χ2n) is 4.94. The van der Waals surface area contributed by atoms with Crippen molar-refractivity contribution in [2.75, 3.05) is 13.2 Å². The van der Waals surface area contributed by atoms with Gasteiger partial charge in [0.05, 0.1) is 19.3 Å². The molecule has 0 saturated heterocycles. The summed E-state index contributed by atoms with van der Waals surface area (Å²) in [6.45, 7) is 4.00. The van der Waals surface area contributed by atoms with Crippen LogP contribution in [0.25, 0.3) is 0 Å². The van der Waals surface area contributed by atoms with Gasteiger partial charge in [0.15, 0.2) is 0 Å². The molecule has 1 aliphatic heterocycles. The van der Waals surface area contributed by atoms with Gasteiger partial charge in [-0.15, -0.1) is 0 Å². The lowest BCUT2D eigenvalue weighted by atomic mass is 9.92. The van der Waals surface area contributed by atoms with Gasteiger partial charge < -0.3 is 14.2 Å². The highest BCUT2D eigenvalue weighted by Gasteiger charge is 2.26. The van der Waals surface area contributed by atoms with Gasteiger partial charge in [-0.05, 0) is 25.5 Å². The quantitative estimate of drug-likeness (QED) is 0.617. The predicted octanol–water partition coefficient (Wildman–Crippen LogP) is 3.08. The number of hydrogen-bond donors (Lipinski definition) is 0. The second kappa shape index (κ2) is 8.17. The zero-order valence-electron chi connectivity index (χ0n) is 13.3. The minimum absolute atomic E-state index is 0.0648. The van der Waals surface area contributed by atoms with Crippen LogP contribution in [0, 0.1) is 0 Å². The molecule has 0 aromatic heterocycles. The van der Waals surface area contributed by atoms with Crippen molar-refractivity contribution in [3.05, 3.63) is 59.6 Å². The lowest BCUT2D eigenvalue weighted by Crippen LogP contribution is -2.17. The zero-order chi connectivity index (χ0) is 16.7. The van der Waals surface area contributed by atoms with E-state index in [4.69, 9.17) is 14.2 Å².